The highest BCUT2D eigenvalue weighted by Crippen LogP contribution is 2.28. The van der Waals surface area contributed by atoms with E-state index in [0.29, 0.717) is 17.2 Å². The summed E-state index contributed by atoms with van der Waals surface area (Å²) in [7, 11) is 0. The first-order valence-corrected chi connectivity index (χ1v) is 10.6. The third-order valence-electron chi connectivity index (χ3n) is 4.05. The van der Waals surface area contributed by atoms with Crippen molar-refractivity contribution in [2.24, 2.45) is 0 Å². The third kappa shape index (κ3) is 4.29. The minimum absolute atomic E-state index is 0.0255. The normalized spacial score (nSPS) is 15.6. The van der Waals surface area contributed by atoms with Gasteiger partial charge < -0.3 is 4.74 Å². The van der Waals surface area contributed by atoms with E-state index >= 15 is 0 Å². The number of hydrogen-bond acceptors (Lipinski definition) is 5. The van der Waals surface area contributed by atoms with E-state index in [1.54, 1.807) is 30.3 Å². The Morgan fingerprint density at radius 3 is 2.38 bits per heavy atom. The number of nitrogens with one attached hydrogen (secondary N) is 1. The highest BCUT2D eigenvalue weighted by atomic mass is 79.9. The monoisotopic (exact) mass is 484 g/mol. The van der Waals surface area contributed by atoms with Crippen molar-refractivity contribution in [3.63, 3.8) is 0 Å². The molecule has 0 spiro atoms. The first kappa shape index (κ1) is 19.5. The van der Waals surface area contributed by atoms with Crippen LogP contribution in [0.3, 0.4) is 0 Å². The van der Waals surface area contributed by atoms with Crippen LogP contribution in [0.4, 0.5) is 5.69 Å². The minimum Gasteiger partial charge on any atom is -0.457 e. The zero-order chi connectivity index (χ0) is 20.4. The highest BCUT2D eigenvalue weighted by molar-refractivity contribution is 9.10. The van der Waals surface area contributed by atoms with Gasteiger partial charge in [-0.05, 0) is 76.7 Å². The van der Waals surface area contributed by atoms with Crippen LogP contribution < -0.4 is 15.0 Å². The lowest BCUT2D eigenvalue weighted by Crippen LogP contribution is -2.54. The molecule has 4 rings (SSSR count). The number of thiocarbonyl (C=S) groups is 1. The van der Waals surface area contributed by atoms with Gasteiger partial charge in [0.1, 0.15) is 17.1 Å². The summed E-state index contributed by atoms with van der Waals surface area (Å²) in [5.41, 5.74) is 0.566. The fourth-order valence-corrected chi connectivity index (χ4v) is 4.38. The number of hydrogen-bond donors (Lipinski definition) is 1. The number of anilines is 1. The van der Waals surface area contributed by atoms with Gasteiger partial charge in [0.15, 0.2) is 5.11 Å². The molecule has 5 nitrogen and oxygen atoms in total. The number of para-hydroxylation sites is 1. The zero-order valence-corrected chi connectivity index (χ0v) is 18.0. The maximum absolute atomic E-state index is 13.0. The lowest BCUT2D eigenvalue weighted by Gasteiger charge is -2.28. The Hall–Kier alpha value is -2.81. The minimum atomic E-state index is -0.509. The Kier molecular flexibility index (Phi) is 5.57. The number of thiophene rings is 1. The van der Waals surface area contributed by atoms with Crippen LogP contribution in [0.5, 0.6) is 11.5 Å². The van der Waals surface area contributed by atoms with E-state index in [2.05, 4.69) is 21.2 Å². The van der Waals surface area contributed by atoms with Crippen LogP contribution in [0.1, 0.15) is 4.88 Å². The van der Waals surface area contributed by atoms with Gasteiger partial charge in [-0.25, -0.2) is 0 Å². The van der Waals surface area contributed by atoms with Crippen molar-refractivity contribution in [3.05, 3.63) is 81.0 Å². The molecule has 0 unspecified atom stereocenters. The molecular formula is C21H13BrN2O3S2. The standard InChI is InChI=1S/C21H13BrN2O3S2/c22-13-10-17(29-12-13)11-18-19(25)23-21(28)24(20(18)26)14-6-8-16(9-7-14)27-15-4-2-1-3-5-15/h1-12H,(H,23,25,28). The molecule has 2 aromatic carbocycles. The lowest BCUT2D eigenvalue weighted by atomic mass is 10.1. The number of amides is 2. The molecule has 0 saturated carbocycles. The van der Waals surface area contributed by atoms with Crippen molar-refractivity contribution in [2.45, 2.75) is 0 Å². The SMILES string of the molecule is O=C1NC(=S)N(c2ccc(Oc3ccccc3)cc2)C(=O)C1=Cc1cc(Br)cs1. The number of halogens is 1. The molecular weight excluding hydrogens is 472 g/mol. The second kappa shape index (κ2) is 8.28. The van der Waals surface area contributed by atoms with Gasteiger partial charge in [0.25, 0.3) is 11.8 Å². The van der Waals surface area contributed by atoms with Crippen molar-refractivity contribution >= 4 is 68.2 Å². The molecule has 1 saturated heterocycles. The van der Waals surface area contributed by atoms with Gasteiger partial charge in [-0.15, -0.1) is 11.3 Å². The Labute approximate surface area is 184 Å². The Morgan fingerprint density at radius 2 is 1.72 bits per heavy atom. The Morgan fingerprint density at radius 1 is 1.03 bits per heavy atom. The molecule has 144 valence electrons. The van der Waals surface area contributed by atoms with Crippen molar-refractivity contribution in [3.8, 4) is 11.5 Å². The molecule has 29 heavy (non-hydrogen) atoms. The summed E-state index contributed by atoms with van der Waals surface area (Å²) in [6.45, 7) is 0. The summed E-state index contributed by atoms with van der Waals surface area (Å²) < 4.78 is 6.66. The molecule has 1 aromatic heterocycles. The lowest BCUT2D eigenvalue weighted by molar-refractivity contribution is -0.122. The Bertz CT molecular complexity index is 1120. The van der Waals surface area contributed by atoms with Gasteiger partial charge in [0.05, 0.1) is 5.69 Å². The molecule has 0 radical (unpaired) electrons. The number of ether oxygens (including phenoxy) is 1. The Balaban J connectivity index is 1.59. The van der Waals surface area contributed by atoms with Crippen molar-refractivity contribution in [1.82, 2.24) is 5.32 Å². The van der Waals surface area contributed by atoms with E-state index in [1.165, 1.54) is 16.2 Å². The van der Waals surface area contributed by atoms with Crippen molar-refractivity contribution in [1.29, 1.82) is 0 Å². The van der Waals surface area contributed by atoms with E-state index in [0.717, 1.165) is 9.35 Å². The van der Waals surface area contributed by atoms with Crippen LogP contribution in [0.15, 0.2) is 76.1 Å². The maximum Gasteiger partial charge on any atom is 0.270 e. The topological polar surface area (TPSA) is 58.6 Å². The van der Waals surface area contributed by atoms with E-state index < -0.39 is 11.8 Å². The van der Waals surface area contributed by atoms with Crippen LogP contribution in [0, 0.1) is 0 Å². The molecule has 1 N–H and O–H groups in total. The van der Waals surface area contributed by atoms with Crippen molar-refractivity contribution < 1.29 is 14.3 Å². The smallest absolute Gasteiger partial charge is 0.270 e. The van der Waals surface area contributed by atoms with Crippen LogP contribution in [0.2, 0.25) is 0 Å². The van der Waals surface area contributed by atoms with Gasteiger partial charge in [0, 0.05) is 14.7 Å². The van der Waals surface area contributed by atoms with Gasteiger partial charge in [-0.3, -0.25) is 19.8 Å². The molecule has 1 aliphatic heterocycles. The highest BCUT2D eigenvalue weighted by Gasteiger charge is 2.34. The number of rotatable bonds is 4. The number of nitrogens with zero attached hydrogens (tertiary/aromatic N) is 1. The number of carbonyl (C=O) groups excluding carboxylic acids is 2. The second-order valence-electron chi connectivity index (χ2n) is 6.03. The largest absolute Gasteiger partial charge is 0.457 e. The first-order chi connectivity index (χ1) is 14.0. The number of benzene rings is 2. The van der Waals surface area contributed by atoms with Gasteiger partial charge in [0.2, 0.25) is 0 Å². The van der Waals surface area contributed by atoms with Crippen LogP contribution in [-0.2, 0) is 9.59 Å². The molecule has 2 heterocycles. The fourth-order valence-electron chi connectivity index (χ4n) is 2.73. The molecule has 1 fully saturated rings. The molecule has 0 bridgehead atoms. The molecule has 0 aliphatic carbocycles. The quantitative estimate of drug-likeness (QED) is 0.316. The summed E-state index contributed by atoms with van der Waals surface area (Å²) in [6, 6.07) is 18.2. The van der Waals surface area contributed by atoms with E-state index in [-0.39, 0.29) is 10.7 Å². The average molecular weight is 485 g/mol. The third-order valence-corrected chi connectivity index (χ3v) is 5.98. The second-order valence-corrected chi connectivity index (χ2v) is 8.28. The summed E-state index contributed by atoms with van der Waals surface area (Å²) in [5.74, 6) is 0.354. The maximum atomic E-state index is 13.0. The van der Waals surface area contributed by atoms with E-state index in [9.17, 15) is 9.59 Å². The predicted molar refractivity (Wildman–Crippen MR) is 121 cm³/mol. The molecule has 2 amide bonds. The summed E-state index contributed by atoms with van der Waals surface area (Å²) >= 11 is 10.0. The van der Waals surface area contributed by atoms with Crippen molar-refractivity contribution in [2.75, 3.05) is 4.90 Å². The van der Waals surface area contributed by atoms with Gasteiger partial charge in [-0.1, -0.05) is 18.2 Å². The molecule has 3 aromatic rings. The molecule has 8 heteroatoms. The van der Waals surface area contributed by atoms with Crippen LogP contribution in [0.25, 0.3) is 6.08 Å². The fraction of sp³-hybridized carbons (Fsp3) is 0. The van der Waals surface area contributed by atoms with Crippen LogP contribution in [-0.4, -0.2) is 16.9 Å². The first-order valence-electron chi connectivity index (χ1n) is 8.50. The summed E-state index contributed by atoms with van der Waals surface area (Å²) in [4.78, 5) is 27.4. The van der Waals surface area contributed by atoms with Crippen LogP contribution >= 0.6 is 39.5 Å². The summed E-state index contributed by atoms with van der Waals surface area (Å²) in [5, 5.41) is 4.50. The van der Waals surface area contributed by atoms with Gasteiger partial charge >= 0.3 is 0 Å². The molecule has 1 aliphatic rings. The van der Waals surface area contributed by atoms with E-state index in [4.69, 9.17) is 17.0 Å². The summed E-state index contributed by atoms with van der Waals surface area (Å²) in [6.07, 6.45) is 1.56. The average Bonchev–Trinajstić information content (AvgIpc) is 3.12. The molecule has 0 atom stereocenters. The zero-order valence-electron chi connectivity index (χ0n) is 14.8. The van der Waals surface area contributed by atoms with Gasteiger partial charge in [-0.2, -0.15) is 0 Å². The predicted octanol–water partition coefficient (Wildman–Crippen LogP) is 5.13. The number of carbonyl (C=O) groups is 2. The van der Waals surface area contributed by atoms with E-state index in [1.807, 2.05) is 41.8 Å².